The lowest BCUT2D eigenvalue weighted by atomic mass is 10.0. The van der Waals surface area contributed by atoms with E-state index in [1.807, 2.05) is 13.8 Å². The number of rotatable bonds is 8. The summed E-state index contributed by atoms with van der Waals surface area (Å²) in [6.07, 6.45) is 0.369. The number of nitrogens with one attached hydrogen (secondary N) is 1. The third kappa shape index (κ3) is 6.27. The van der Waals surface area contributed by atoms with E-state index in [9.17, 15) is 9.59 Å². The van der Waals surface area contributed by atoms with Crippen LogP contribution in [0.15, 0.2) is 24.3 Å². The number of carbonyl (C=O) groups is 2. The third-order valence-electron chi connectivity index (χ3n) is 3.04. The second-order valence-electron chi connectivity index (χ2n) is 5.22. The summed E-state index contributed by atoms with van der Waals surface area (Å²) in [6.45, 7) is 4.12. The van der Waals surface area contributed by atoms with E-state index in [2.05, 4.69) is 5.32 Å². The molecular weight excluding hydrogens is 270 g/mol. The van der Waals surface area contributed by atoms with Crippen molar-refractivity contribution >= 4 is 17.5 Å². The van der Waals surface area contributed by atoms with Crippen molar-refractivity contribution in [3.05, 3.63) is 24.3 Å². The first-order chi connectivity index (χ1) is 9.90. The zero-order chi connectivity index (χ0) is 15.8. The van der Waals surface area contributed by atoms with Crippen molar-refractivity contribution in [3.63, 3.8) is 0 Å². The summed E-state index contributed by atoms with van der Waals surface area (Å²) in [7, 11) is 0. The van der Waals surface area contributed by atoms with Crippen molar-refractivity contribution in [2.45, 2.75) is 32.7 Å². The predicted octanol–water partition coefficient (Wildman–Crippen LogP) is 1.25. The van der Waals surface area contributed by atoms with Crippen LogP contribution in [0, 0.1) is 5.92 Å². The highest BCUT2D eigenvalue weighted by molar-refractivity contribution is 5.92. The summed E-state index contributed by atoms with van der Waals surface area (Å²) in [6, 6.07) is 6.85. The van der Waals surface area contributed by atoms with Crippen LogP contribution in [0.5, 0.6) is 5.75 Å². The van der Waals surface area contributed by atoms with Crippen LogP contribution in [0.4, 0.5) is 5.69 Å². The molecule has 2 amide bonds. The van der Waals surface area contributed by atoms with Gasteiger partial charge in [-0.05, 0) is 18.1 Å². The van der Waals surface area contributed by atoms with Crippen molar-refractivity contribution in [3.8, 4) is 5.75 Å². The number of hydrogen-bond acceptors (Lipinski definition) is 4. The molecule has 0 aliphatic carbocycles. The van der Waals surface area contributed by atoms with Gasteiger partial charge >= 0.3 is 0 Å². The quantitative estimate of drug-likeness (QED) is 0.670. The number of amides is 2. The minimum atomic E-state index is -0.431. The molecule has 1 atom stereocenters. The standard InChI is InChI=1S/C15H23N3O3/c1-10(2)11(16)9-15(20)18-12-5-3-4-6-13(12)21-8-7-14(17)19/h3-6,10-11H,7-9,16H2,1-2H3,(H2,17,19)(H,18,20). The molecule has 116 valence electrons. The van der Waals surface area contributed by atoms with Crippen LogP contribution in [0.25, 0.3) is 0 Å². The summed E-state index contributed by atoms with van der Waals surface area (Å²) >= 11 is 0. The molecule has 0 spiro atoms. The fourth-order valence-corrected chi connectivity index (χ4v) is 1.61. The summed E-state index contributed by atoms with van der Waals surface area (Å²) in [5.74, 6) is 0.143. The minimum absolute atomic E-state index is 0.126. The highest BCUT2D eigenvalue weighted by Gasteiger charge is 2.14. The lowest BCUT2D eigenvalue weighted by Crippen LogP contribution is -2.31. The fraction of sp³-hybridized carbons (Fsp3) is 0.467. The first kappa shape index (κ1) is 17.0. The van der Waals surface area contributed by atoms with E-state index in [1.165, 1.54) is 0 Å². The van der Waals surface area contributed by atoms with Crippen LogP contribution >= 0.6 is 0 Å². The van der Waals surface area contributed by atoms with Gasteiger partial charge in [-0.15, -0.1) is 0 Å². The van der Waals surface area contributed by atoms with E-state index in [0.717, 1.165) is 0 Å². The molecule has 5 N–H and O–H groups in total. The maximum Gasteiger partial charge on any atom is 0.226 e. The number of hydrogen-bond donors (Lipinski definition) is 3. The number of carbonyl (C=O) groups excluding carboxylic acids is 2. The van der Waals surface area contributed by atoms with Crippen molar-refractivity contribution in [2.24, 2.45) is 17.4 Å². The Labute approximate surface area is 124 Å². The number of para-hydroxylation sites is 2. The molecule has 0 saturated carbocycles. The van der Waals surface area contributed by atoms with Crippen molar-refractivity contribution in [1.29, 1.82) is 0 Å². The van der Waals surface area contributed by atoms with Gasteiger partial charge < -0.3 is 21.5 Å². The average Bonchev–Trinajstić information content (AvgIpc) is 2.40. The fourth-order valence-electron chi connectivity index (χ4n) is 1.61. The second kappa shape index (κ2) is 8.26. The molecule has 0 bridgehead atoms. The molecule has 0 heterocycles. The molecule has 6 heteroatoms. The monoisotopic (exact) mass is 293 g/mol. The second-order valence-corrected chi connectivity index (χ2v) is 5.22. The highest BCUT2D eigenvalue weighted by atomic mass is 16.5. The molecule has 1 unspecified atom stereocenters. The van der Waals surface area contributed by atoms with E-state index >= 15 is 0 Å². The van der Waals surface area contributed by atoms with E-state index < -0.39 is 5.91 Å². The Kier molecular flexibility index (Phi) is 6.68. The third-order valence-corrected chi connectivity index (χ3v) is 3.04. The predicted molar refractivity (Wildman–Crippen MR) is 81.8 cm³/mol. The van der Waals surface area contributed by atoms with Crippen LogP contribution in [0.1, 0.15) is 26.7 Å². The van der Waals surface area contributed by atoms with Gasteiger partial charge in [0.15, 0.2) is 0 Å². The first-order valence-electron chi connectivity index (χ1n) is 6.95. The molecule has 0 aromatic heterocycles. The Morgan fingerprint density at radius 3 is 2.57 bits per heavy atom. The largest absolute Gasteiger partial charge is 0.491 e. The lowest BCUT2D eigenvalue weighted by molar-refractivity contribution is -0.118. The number of ether oxygens (including phenoxy) is 1. The van der Waals surface area contributed by atoms with Crippen LogP contribution in [-0.4, -0.2) is 24.5 Å². The average molecular weight is 293 g/mol. The molecular formula is C15H23N3O3. The van der Waals surface area contributed by atoms with Crippen molar-refractivity contribution in [2.75, 3.05) is 11.9 Å². The molecule has 1 rings (SSSR count). The Hall–Kier alpha value is -2.08. The van der Waals surface area contributed by atoms with Gasteiger partial charge in [0.1, 0.15) is 5.75 Å². The topological polar surface area (TPSA) is 107 Å². The SMILES string of the molecule is CC(C)C(N)CC(=O)Nc1ccccc1OCCC(N)=O. The van der Waals surface area contributed by atoms with Gasteiger partial charge in [0.05, 0.1) is 18.7 Å². The van der Waals surface area contributed by atoms with Gasteiger partial charge in [0, 0.05) is 12.5 Å². The molecule has 6 nitrogen and oxygen atoms in total. The van der Waals surface area contributed by atoms with Gasteiger partial charge in [-0.1, -0.05) is 26.0 Å². The summed E-state index contributed by atoms with van der Waals surface area (Å²) in [5, 5.41) is 2.77. The molecule has 21 heavy (non-hydrogen) atoms. The van der Waals surface area contributed by atoms with E-state index in [1.54, 1.807) is 24.3 Å². The van der Waals surface area contributed by atoms with E-state index in [4.69, 9.17) is 16.2 Å². The maximum atomic E-state index is 11.9. The van der Waals surface area contributed by atoms with E-state index in [-0.39, 0.29) is 37.3 Å². The number of primary amides is 1. The number of anilines is 1. The van der Waals surface area contributed by atoms with Crippen molar-refractivity contribution < 1.29 is 14.3 Å². The Bertz CT molecular complexity index is 489. The van der Waals surface area contributed by atoms with Crippen LogP contribution < -0.4 is 21.5 Å². The van der Waals surface area contributed by atoms with Gasteiger partial charge in [0.25, 0.3) is 0 Å². The summed E-state index contributed by atoms with van der Waals surface area (Å²) in [5.41, 5.74) is 11.5. The lowest BCUT2D eigenvalue weighted by Gasteiger charge is -2.16. The van der Waals surface area contributed by atoms with Crippen LogP contribution in [0.2, 0.25) is 0 Å². The van der Waals surface area contributed by atoms with Gasteiger partial charge in [0.2, 0.25) is 11.8 Å². The summed E-state index contributed by atoms with van der Waals surface area (Å²) in [4.78, 5) is 22.6. The molecule has 0 aliphatic heterocycles. The summed E-state index contributed by atoms with van der Waals surface area (Å²) < 4.78 is 5.45. The maximum absolute atomic E-state index is 11.9. The Morgan fingerprint density at radius 1 is 1.29 bits per heavy atom. The smallest absolute Gasteiger partial charge is 0.226 e. The van der Waals surface area contributed by atoms with Crippen LogP contribution in [0.3, 0.4) is 0 Å². The van der Waals surface area contributed by atoms with Gasteiger partial charge in [-0.2, -0.15) is 0 Å². The number of nitrogens with two attached hydrogens (primary N) is 2. The zero-order valence-electron chi connectivity index (χ0n) is 12.5. The zero-order valence-corrected chi connectivity index (χ0v) is 12.5. The molecule has 1 aromatic rings. The molecule has 0 fully saturated rings. The van der Waals surface area contributed by atoms with Crippen LogP contribution in [-0.2, 0) is 9.59 Å². The Morgan fingerprint density at radius 2 is 1.95 bits per heavy atom. The normalized spacial score (nSPS) is 12.0. The minimum Gasteiger partial charge on any atom is -0.491 e. The van der Waals surface area contributed by atoms with Gasteiger partial charge in [-0.3, -0.25) is 9.59 Å². The number of benzene rings is 1. The van der Waals surface area contributed by atoms with E-state index in [0.29, 0.717) is 11.4 Å². The molecule has 0 aliphatic rings. The van der Waals surface area contributed by atoms with Crippen molar-refractivity contribution in [1.82, 2.24) is 0 Å². The molecule has 0 saturated heterocycles. The molecule has 0 radical (unpaired) electrons. The first-order valence-corrected chi connectivity index (χ1v) is 6.95. The van der Waals surface area contributed by atoms with Gasteiger partial charge in [-0.25, -0.2) is 0 Å². The molecule has 1 aromatic carbocycles. The Balaban J connectivity index is 2.61. The highest BCUT2D eigenvalue weighted by Crippen LogP contribution is 2.24.